The molecule has 8 nitrogen and oxygen atoms in total. The second-order valence-corrected chi connectivity index (χ2v) is 10.9. The van der Waals surface area contributed by atoms with E-state index < -0.39 is 20.0 Å². The summed E-state index contributed by atoms with van der Waals surface area (Å²) >= 11 is 0. The minimum Gasteiger partial charge on any atom is -0.237 e. The maximum Gasteiger partial charge on any atom is 0.253 e. The van der Waals surface area contributed by atoms with Crippen LogP contribution >= 0.6 is 8.58 Å². The molecule has 0 radical (unpaired) electrons. The Bertz CT molecular complexity index is 893. The molecule has 2 aromatic carbocycles. The fourth-order valence-corrected chi connectivity index (χ4v) is 5.35. The van der Waals surface area contributed by atoms with Gasteiger partial charge in [0.2, 0.25) is 0 Å². The highest BCUT2D eigenvalue weighted by molar-refractivity contribution is 7.89. The van der Waals surface area contributed by atoms with Crippen LogP contribution in [0.5, 0.6) is 0 Å². The third-order valence-corrected chi connectivity index (χ3v) is 7.46. The van der Waals surface area contributed by atoms with Crippen LogP contribution < -0.4 is 20.3 Å². The quantitative estimate of drug-likeness (QED) is 0.446. The molecule has 0 aromatic heterocycles. The standard InChI is InChI=1S/C16H23N4O4PS2/c1-19(2)17-26(21,22)15-9-5-13(6-10-15)25-14-7-11-16(12-8-14)27(23,24)18-20(3)4/h5-12,17-18,25H,1-4H3. The molecule has 0 amide bonds. The lowest BCUT2D eigenvalue weighted by Crippen LogP contribution is -2.36. The van der Waals surface area contributed by atoms with Crippen LogP contribution in [0.1, 0.15) is 0 Å². The fraction of sp³-hybridized carbons (Fsp3) is 0.250. The van der Waals surface area contributed by atoms with E-state index in [0.29, 0.717) is 0 Å². The van der Waals surface area contributed by atoms with Crippen molar-refractivity contribution in [2.45, 2.75) is 9.79 Å². The molecule has 0 spiro atoms. The van der Waals surface area contributed by atoms with E-state index in [-0.39, 0.29) is 18.4 Å². The van der Waals surface area contributed by atoms with Gasteiger partial charge in [0.25, 0.3) is 20.0 Å². The summed E-state index contributed by atoms with van der Waals surface area (Å²) in [5.74, 6) is 0. The topological polar surface area (TPSA) is 98.8 Å². The zero-order valence-electron chi connectivity index (χ0n) is 15.5. The minimum atomic E-state index is -3.58. The molecule has 0 aliphatic heterocycles. The van der Waals surface area contributed by atoms with Crippen LogP contribution in [-0.2, 0) is 20.0 Å². The summed E-state index contributed by atoms with van der Waals surface area (Å²) in [6.07, 6.45) is 0. The Kier molecular flexibility index (Phi) is 7.09. The molecule has 148 valence electrons. The van der Waals surface area contributed by atoms with Gasteiger partial charge in [-0.15, -0.1) is 9.66 Å². The highest BCUT2D eigenvalue weighted by atomic mass is 32.2. The van der Waals surface area contributed by atoms with Crippen molar-refractivity contribution in [1.29, 1.82) is 0 Å². The van der Waals surface area contributed by atoms with Crippen molar-refractivity contribution in [2.24, 2.45) is 0 Å². The first kappa shape index (κ1) is 21.9. The van der Waals surface area contributed by atoms with Crippen molar-refractivity contribution in [3.05, 3.63) is 48.5 Å². The number of rotatable bonds is 8. The predicted molar refractivity (Wildman–Crippen MR) is 108 cm³/mol. The summed E-state index contributed by atoms with van der Waals surface area (Å²) < 4.78 is 48.4. The van der Waals surface area contributed by atoms with Crippen LogP contribution in [0.25, 0.3) is 0 Å². The van der Waals surface area contributed by atoms with Crippen LogP contribution in [0.3, 0.4) is 0 Å². The lowest BCUT2D eigenvalue weighted by molar-refractivity contribution is 0.363. The third kappa shape index (κ3) is 6.32. The molecule has 0 saturated carbocycles. The number of hydrazine groups is 2. The van der Waals surface area contributed by atoms with Gasteiger partial charge in [-0.25, -0.2) is 26.9 Å². The summed E-state index contributed by atoms with van der Waals surface area (Å²) in [5.41, 5.74) is 0. The number of nitrogens with zero attached hydrogens (tertiary/aromatic N) is 2. The molecule has 2 N–H and O–H groups in total. The Balaban J connectivity index is 2.12. The van der Waals surface area contributed by atoms with Crippen LogP contribution in [-0.4, -0.2) is 55.0 Å². The third-order valence-electron chi connectivity index (χ3n) is 3.22. The zero-order valence-corrected chi connectivity index (χ0v) is 18.1. The Morgan fingerprint density at radius 2 is 0.926 bits per heavy atom. The average molecular weight is 430 g/mol. The average Bonchev–Trinajstić information content (AvgIpc) is 2.53. The van der Waals surface area contributed by atoms with Crippen molar-refractivity contribution >= 4 is 39.2 Å². The van der Waals surface area contributed by atoms with E-state index in [1.54, 1.807) is 76.7 Å². The van der Waals surface area contributed by atoms with Crippen molar-refractivity contribution in [3.8, 4) is 0 Å². The number of nitrogens with one attached hydrogen (secondary N) is 2. The van der Waals surface area contributed by atoms with Gasteiger partial charge in [0.1, 0.15) is 0 Å². The largest absolute Gasteiger partial charge is 0.253 e. The number of sulfonamides is 2. The normalized spacial score (nSPS) is 12.7. The molecule has 0 fully saturated rings. The van der Waals surface area contributed by atoms with Gasteiger partial charge < -0.3 is 0 Å². The van der Waals surface area contributed by atoms with Gasteiger partial charge in [-0.05, 0) is 34.9 Å². The molecule has 0 heterocycles. The van der Waals surface area contributed by atoms with Crippen LogP contribution in [0.2, 0.25) is 0 Å². The fourth-order valence-electron chi connectivity index (χ4n) is 2.19. The van der Waals surface area contributed by atoms with E-state index >= 15 is 0 Å². The Hall–Kier alpha value is -1.39. The van der Waals surface area contributed by atoms with Gasteiger partial charge >= 0.3 is 0 Å². The molecule has 11 heteroatoms. The Morgan fingerprint density at radius 3 is 1.19 bits per heavy atom. The van der Waals surface area contributed by atoms with E-state index in [2.05, 4.69) is 9.66 Å². The van der Waals surface area contributed by atoms with Gasteiger partial charge in [0.15, 0.2) is 0 Å². The molecule has 0 aliphatic carbocycles. The maximum absolute atomic E-state index is 12.1. The van der Waals surface area contributed by atoms with E-state index in [0.717, 1.165) is 10.6 Å². The number of benzene rings is 2. The van der Waals surface area contributed by atoms with Gasteiger partial charge in [-0.1, -0.05) is 32.8 Å². The first-order valence-corrected chi connectivity index (χ1v) is 11.8. The van der Waals surface area contributed by atoms with E-state index in [1.165, 1.54) is 10.0 Å². The molecule has 2 aromatic rings. The summed E-state index contributed by atoms with van der Waals surface area (Å²) in [4.78, 5) is 5.12. The SMILES string of the molecule is CN(C)NS(=O)(=O)c1ccc(Pc2ccc(S(=O)(=O)NN(C)C)cc2)cc1. The second kappa shape index (κ2) is 8.74. The minimum absolute atomic E-state index is 0.181. The summed E-state index contributed by atoms with van der Waals surface area (Å²) in [5, 5.41) is 4.62. The highest BCUT2D eigenvalue weighted by Gasteiger charge is 2.15. The van der Waals surface area contributed by atoms with E-state index in [4.69, 9.17) is 0 Å². The molecule has 27 heavy (non-hydrogen) atoms. The highest BCUT2D eigenvalue weighted by Crippen LogP contribution is 2.15. The van der Waals surface area contributed by atoms with Crippen LogP contribution in [0.15, 0.2) is 58.3 Å². The van der Waals surface area contributed by atoms with Gasteiger partial charge in [0.05, 0.1) is 9.79 Å². The molecule has 0 unspecified atom stereocenters. The van der Waals surface area contributed by atoms with Gasteiger partial charge in [-0.3, -0.25) is 0 Å². The van der Waals surface area contributed by atoms with Crippen molar-refractivity contribution in [3.63, 3.8) is 0 Å². The van der Waals surface area contributed by atoms with E-state index in [1.807, 2.05) is 0 Å². The second-order valence-electron chi connectivity index (χ2n) is 6.15. The molecule has 0 bridgehead atoms. The predicted octanol–water partition coefficient (Wildman–Crippen LogP) is -0.174. The Labute approximate surface area is 162 Å². The molecular weight excluding hydrogens is 407 g/mol. The molecule has 0 saturated heterocycles. The van der Waals surface area contributed by atoms with Crippen LogP contribution in [0.4, 0.5) is 0 Å². The summed E-state index contributed by atoms with van der Waals surface area (Å²) in [6, 6.07) is 13.2. The monoisotopic (exact) mass is 430 g/mol. The number of hydrogen-bond donors (Lipinski definition) is 2. The van der Waals surface area contributed by atoms with Gasteiger partial charge in [-0.2, -0.15) is 0 Å². The number of hydrogen-bond acceptors (Lipinski definition) is 6. The summed E-state index contributed by atoms with van der Waals surface area (Å²) in [6.45, 7) is 0. The van der Waals surface area contributed by atoms with E-state index in [9.17, 15) is 16.8 Å². The Morgan fingerprint density at radius 1 is 0.630 bits per heavy atom. The first-order valence-electron chi connectivity index (χ1n) is 7.86. The van der Waals surface area contributed by atoms with Crippen molar-refractivity contribution < 1.29 is 16.8 Å². The zero-order chi connectivity index (χ0) is 20.2. The smallest absolute Gasteiger partial charge is 0.237 e. The van der Waals surface area contributed by atoms with Crippen molar-refractivity contribution in [1.82, 2.24) is 19.7 Å². The molecule has 0 aliphatic rings. The first-order chi connectivity index (χ1) is 12.5. The lowest BCUT2D eigenvalue weighted by atomic mass is 10.4. The molecular formula is C16H23N4O4PS2. The van der Waals surface area contributed by atoms with Crippen molar-refractivity contribution in [2.75, 3.05) is 28.2 Å². The maximum atomic E-state index is 12.1. The van der Waals surface area contributed by atoms with Crippen LogP contribution in [0, 0.1) is 0 Å². The lowest BCUT2D eigenvalue weighted by Gasteiger charge is -2.13. The summed E-state index contributed by atoms with van der Waals surface area (Å²) in [7, 11) is -0.473. The van der Waals surface area contributed by atoms with Gasteiger partial charge in [0, 0.05) is 28.2 Å². The molecule has 0 atom stereocenters. The molecule has 2 rings (SSSR count).